The van der Waals surface area contributed by atoms with Crippen LogP contribution in [0.3, 0.4) is 0 Å². The normalized spacial score (nSPS) is 16.6. The Labute approximate surface area is 117 Å². The van der Waals surface area contributed by atoms with Gasteiger partial charge in [0.05, 0.1) is 0 Å². The molecule has 0 aliphatic heterocycles. The van der Waals surface area contributed by atoms with Gasteiger partial charge in [-0.1, -0.05) is 47.3 Å². The Kier molecular flexibility index (Phi) is 4.81. The summed E-state index contributed by atoms with van der Waals surface area (Å²) in [6.07, 6.45) is 5.86. The summed E-state index contributed by atoms with van der Waals surface area (Å²) >= 11 is 3.42. The number of hydrogen-bond donors (Lipinski definition) is 0. The van der Waals surface area contributed by atoms with Crippen molar-refractivity contribution in [1.82, 2.24) is 4.90 Å². The zero-order valence-corrected chi connectivity index (χ0v) is 12.4. The average molecular weight is 310 g/mol. The molecule has 0 saturated heterocycles. The van der Waals surface area contributed by atoms with E-state index in [-0.39, 0.29) is 5.92 Å². The Bertz CT molecular complexity index is 395. The van der Waals surface area contributed by atoms with Crippen LogP contribution in [0.15, 0.2) is 28.7 Å². The molecule has 0 atom stereocenters. The van der Waals surface area contributed by atoms with Gasteiger partial charge in [0.25, 0.3) is 0 Å². The zero-order valence-electron chi connectivity index (χ0n) is 10.9. The van der Waals surface area contributed by atoms with Gasteiger partial charge in [-0.3, -0.25) is 4.79 Å². The summed E-state index contributed by atoms with van der Waals surface area (Å²) in [5.41, 5.74) is 1.19. The van der Waals surface area contributed by atoms with Gasteiger partial charge in [0, 0.05) is 24.0 Å². The van der Waals surface area contributed by atoms with Crippen LogP contribution in [0.2, 0.25) is 0 Å². The number of halogens is 1. The van der Waals surface area contributed by atoms with Crippen molar-refractivity contribution in [2.45, 2.75) is 38.6 Å². The van der Waals surface area contributed by atoms with Crippen LogP contribution < -0.4 is 0 Å². The van der Waals surface area contributed by atoms with E-state index in [4.69, 9.17) is 0 Å². The highest BCUT2D eigenvalue weighted by Gasteiger charge is 2.23. The minimum atomic E-state index is 0.263. The molecule has 0 heterocycles. The van der Waals surface area contributed by atoms with Crippen LogP contribution in [0.25, 0.3) is 0 Å². The first-order chi connectivity index (χ1) is 8.66. The monoisotopic (exact) mass is 309 g/mol. The standard InChI is InChI=1S/C15H20BrNO/c1-17(11-12-7-9-14(16)10-8-12)15(18)13-5-3-2-4-6-13/h7-10,13H,2-6,11H2,1H3. The Morgan fingerprint density at radius 2 is 1.83 bits per heavy atom. The molecular formula is C15H20BrNO. The van der Waals surface area contributed by atoms with Crippen molar-refractivity contribution in [2.75, 3.05) is 7.05 Å². The Morgan fingerprint density at radius 1 is 1.22 bits per heavy atom. The lowest BCUT2D eigenvalue weighted by Crippen LogP contribution is -2.33. The number of benzene rings is 1. The summed E-state index contributed by atoms with van der Waals surface area (Å²) in [7, 11) is 1.92. The molecule has 1 aromatic rings. The molecule has 3 heteroatoms. The van der Waals surface area contributed by atoms with Gasteiger partial charge in [0.15, 0.2) is 0 Å². The molecular weight excluding hydrogens is 290 g/mol. The van der Waals surface area contributed by atoms with Crippen molar-refractivity contribution in [3.8, 4) is 0 Å². The van der Waals surface area contributed by atoms with E-state index in [1.54, 1.807) is 0 Å². The van der Waals surface area contributed by atoms with Gasteiger partial charge in [-0.15, -0.1) is 0 Å². The third-order valence-corrected chi connectivity index (χ3v) is 4.19. The van der Waals surface area contributed by atoms with Crippen LogP contribution in [0.5, 0.6) is 0 Å². The maximum atomic E-state index is 12.3. The Balaban J connectivity index is 1.92. The number of carbonyl (C=O) groups excluding carboxylic acids is 1. The molecule has 2 nitrogen and oxygen atoms in total. The summed E-state index contributed by atoms with van der Waals surface area (Å²) in [6.45, 7) is 0.711. The second-order valence-electron chi connectivity index (χ2n) is 5.16. The predicted molar refractivity (Wildman–Crippen MR) is 77.2 cm³/mol. The molecule has 1 aliphatic carbocycles. The van der Waals surface area contributed by atoms with Gasteiger partial charge in [0.2, 0.25) is 5.91 Å². The summed E-state index contributed by atoms with van der Waals surface area (Å²) in [5, 5.41) is 0. The van der Waals surface area contributed by atoms with Crippen LogP contribution in [-0.4, -0.2) is 17.9 Å². The quantitative estimate of drug-likeness (QED) is 0.827. The van der Waals surface area contributed by atoms with Crippen molar-refractivity contribution < 1.29 is 4.79 Å². The molecule has 1 aromatic carbocycles. The van der Waals surface area contributed by atoms with E-state index >= 15 is 0 Å². The fraction of sp³-hybridized carbons (Fsp3) is 0.533. The van der Waals surface area contributed by atoms with Crippen molar-refractivity contribution in [1.29, 1.82) is 0 Å². The second-order valence-corrected chi connectivity index (χ2v) is 6.07. The molecule has 0 spiro atoms. The summed E-state index contributed by atoms with van der Waals surface area (Å²) in [6, 6.07) is 8.17. The van der Waals surface area contributed by atoms with Gasteiger partial charge < -0.3 is 4.90 Å². The number of carbonyl (C=O) groups is 1. The maximum absolute atomic E-state index is 12.3. The molecule has 0 aromatic heterocycles. The smallest absolute Gasteiger partial charge is 0.225 e. The molecule has 1 fully saturated rings. The molecule has 0 unspecified atom stereocenters. The van der Waals surface area contributed by atoms with E-state index in [0.29, 0.717) is 12.5 Å². The Morgan fingerprint density at radius 3 is 2.44 bits per heavy atom. The van der Waals surface area contributed by atoms with E-state index in [1.165, 1.54) is 24.8 Å². The van der Waals surface area contributed by atoms with Gasteiger partial charge in [-0.2, -0.15) is 0 Å². The van der Waals surface area contributed by atoms with Crippen LogP contribution in [0, 0.1) is 5.92 Å². The molecule has 0 radical (unpaired) electrons. The Hall–Kier alpha value is -0.830. The first-order valence-corrected chi connectivity index (χ1v) is 7.45. The minimum Gasteiger partial charge on any atom is -0.341 e. The average Bonchev–Trinajstić information content (AvgIpc) is 2.41. The van der Waals surface area contributed by atoms with Crippen molar-refractivity contribution in [3.05, 3.63) is 34.3 Å². The minimum absolute atomic E-state index is 0.263. The van der Waals surface area contributed by atoms with Crippen molar-refractivity contribution in [3.63, 3.8) is 0 Å². The fourth-order valence-corrected chi connectivity index (χ4v) is 2.87. The van der Waals surface area contributed by atoms with E-state index in [0.717, 1.165) is 17.3 Å². The van der Waals surface area contributed by atoms with Crippen molar-refractivity contribution >= 4 is 21.8 Å². The molecule has 1 aliphatic rings. The maximum Gasteiger partial charge on any atom is 0.225 e. The molecule has 98 valence electrons. The van der Waals surface area contributed by atoms with Gasteiger partial charge in [-0.05, 0) is 30.5 Å². The highest BCUT2D eigenvalue weighted by atomic mass is 79.9. The molecule has 1 amide bonds. The molecule has 2 rings (SSSR count). The van der Waals surface area contributed by atoms with Crippen molar-refractivity contribution in [2.24, 2.45) is 5.92 Å². The first kappa shape index (κ1) is 13.6. The van der Waals surface area contributed by atoms with Gasteiger partial charge in [0.1, 0.15) is 0 Å². The largest absolute Gasteiger partial charge is 0.341 e. The molecule has 0 N–H and O–H groups in total. The fourth-order valence-electron chi connectivity index (χ4n) is 2.60. The first-order valence-electron chi connectivity index (χ1n) is 6.66. The van der Waals surface area contributed by atoms with Crippen LogP contribution in [-0.2, 0) is 11.3 Å². The SMILES string of the molecule is CN(Cc1ccc(Br)cc1)C(=O)C1CCCCC1. The molecule has 0 bridgehead atoms. The molecule has 18 heavy (non-hydrogen) atoms. The lowest BCUT2D eigenvalue weighted by Gasteiger charge is -2.26. The van der Waals surface area contributed by atoms with Crippen LogP contribution in [0.1, 0.15) is 37.7 Å². The van der Waals surface area contributed by atoms with Crippen LogP contribution in [0.4, 0.5) is 0 Å². The number of amides is 1. The van der Waals surface area contributed by atoms with E-state index < -0.39 is 0 Å². The van der Waals surface area contributed by atoms with Gasteiger partial charge >= 0.3 is 0 Å². The number of hydrogen-bond acceptors (Lipinski definition) is 1. The van der Waals surface area contributed by atoms with Crippen LogP contribution >= 0.6 is 15.9 Å². The molecule has 1 saturated carbocycles. The second kappa shape index (κ2) is 6.37. The highest BCUT2D eigenvalue weighted by molar-refractivity contribution is 9.10. The van der Waals surface area contributed by atoms with E-state index in [2.05, 4.69) is 28.1 Å². The van der Waals surface area contributed by atoms with E-state index in [1.807, 2.05) is 24.1 Å². The summed E-state index contributed by atoms with van der Waals surface area (Å²) in [4.78, 5) is 14.2. The predicted octanol–water partition coefficient (Wildman–Crippen LogP) is 3.99. The third-order valence-electron chi connectivity index (χ3n) is 3.66. The summed E-state index contributed by atoms with van der Waals surface area (Å²) in [5.74, 6) is 0.580. The number of rotatable bonds is 3. The topological polar surface area (TPSA) is 20.3 Å². The third kappa shape index (κ3) is 3.58. The van der Waals surface area contributed by atoms with E-state index in [9.17, 15) is 4.79 Å². The zero-order chi connectivity index (χ0) is 13.0. The lowest BCUT2D eigenvalue weighted by molar-refractivity contribution is -0.135. The van der Waals surface area contributed by atoms with Gasteiger partial charge in [-0.25, -0.2) is 0 Å². The highest BCUT2D eigenvalue weighted by Crippen LogP contribution is 2.25. The number of nitrogens with zero attached hydrogens (tertiary/aromatic N) is 1. The summed E-state index contributed by atoms with van der Waals surface area (Å²) < 4.78 is 1.08. The lowest BCUT2D eigenvalue weighted by atomic mass is 9.88.